The number of tetrazole rings is 1. The summed E-state index contributed by atoms with van der Waals surface area (Å²) in [7, 11) is 0. The lowest BCUT2D eigenvalue weighted by atomic mass is 9.77. The summed E-state index contributed by atoms with van der Waals surface area (Å²) in [4.78, 5) is 10.2. The van der Waals surface area contributed by atoms with E-state index in [1.165, 1.54) is 11.1 Å². The quantitative estimate of drug-likeness (QED) is 0.117. The maximum Gasteiger partial charge on any atom is 0.184 e. The van der Waals surface area contributed by atoms with Gasteiger partial charge in [-0.3, -0.25) is 0 Å². The number of nitrogens with zero attached hydrogens (tertiary/aromatic N) is 7. The van der Waals surface area contributed by atoms with E-state index in [9.17, 15) is 5.11 Å². The minimum absolute atomic E-state index is 0.0956. The molecule has 0 bridgehead atoms. The Labute approximate surface area is 332 Å². The summed E-state index contributed by atoms with van der Waals surface area (Å²) < 4.78 is 4.35. The van der Waals surface area contributed by atoms with Crippen molar-refractivity contribution < 1.29 is 5.11 Å². The van der Waals surface area contributed by atoms with Crippen LogP contribution in [-0.4, -0.2) is 46.0 Å². The first-order valence-electron chi connectivity index (χ1n) is 19.7. The van der Waals surface area contributed by atoms with Gasteiger partial charge in [0.1, 0.15) is 28.7 Å². The SMILES string of the molecule is CCCc1nc2c(C)cc(C#CC(C)O)nc2n1[C@H]1CCc2cc(-c3ccccc3-c3nnnn3C(c3ccccc3)(c3ccccc3)c3ccccc3)ccc21. The molecular weight excluding hydrogens is 703 g/mol. The van der Waals surface area contributed by atoms with E-state index in [1.807, 2.05) is 28.9 Å². The highest BCUT2D eigenvalue weighted by molar-refractivity contribution is 5.82. The van der Waals surface area contributed by atoms with Crippen molar-refractivity contribution in [1.82, 2.24) is 34.7 Å². The molecule has 1 unspecified atom stereocenters. The van der Waals surface area contributed by atoms with E-state index in [0.717, 1.165) is 81.6 Å². The number of aliphatic hydroxyl groups excluding tert-OH is 1. The third-order valence-corrected chi connectivity index (χ3v) is 11.1. The lowest BCUT2D eigenvalue weighted by molar-refractivity contribution is 0.253. The van der Waals surface area contributed by atoms with Crippen LogP contribution in [0.4, 0.5) is 0 Å². The molecule has 8 nitrogen and oxygen atoms in total. The average Bonchev–Trinajstić information content (AvgIpc) is 3.99. The van der Waals surface area contributed by atoms with Crippen molar-refractivity contribution in [1.29, 1.82) is 0 Å². The van der Waals surface area contributed by atoms with Gasteiger partial charge >= 0.3 is 0 Å². The molecule has 0 amide bonds. The fraction of sp³-hybridized carbons (Fsp3) is 0.204. The van der Waals surface area contributed by atoms with Gasteiger partial charge in [-0.15, -0.1) is 5.10 Å². The maximum absolute atomic E-state index is 9.84. The number of benzene rings is 5. The summed E-state index contributed by atoms with van der Waals surface area (Å²) in [6.45, 7) is 5.92. The number of aromatic nitrogens is 7. The highest BCUT2D eigenvalue weighted by atomic mass is 16.3. The Balaban J connectivity index is 1.17. The van der Waals surface area contributed by atoms with Crippen molar-refractivity contribution in [2.24, 2.45) is 0 Å². The molecule has 9 rings (SSSR count). The van der Waals surface area contributed by atoms with Crippen LogP contribution in [0.15, 0.2) is 140 Å². The summed E-state index contributed by atoms with van der Waals surface area (Å²) >= 11 is 0. The van der Waals surface area contributed by atoms with Crippen molar-refractivity contribution >= 4 is 11.2 Å². The minimum atomic E-state index is -0.862. The number of imidazole rings is 1. The molecule has 1 aliphatic rings. The zero-order valence-corrected chi connectivity index (χ0v) is 32.3. The molecule has 0 saturated carbocycles. The van der Waals surface area contributed by atoms with Gasteiger partial charge in [0.15, 0.2) is 11.5 Å². The molecule has 3 aromatic heterocycles. The van der Waals surface area contributed by atoms with Crippen LogP contribution in [0.5, 0.6) is 0 Å². The topological polar surface area (TPSA) is 94.5 Å². The summed E-state index contributed by atoms with van der Waals surface area (Å²) in [5.74, 6) is 7.65. The molecule has 2 atom stereocenters. The fourth-order valence-electron chi connectivity index (χ4n) is 8.68. The fourth-order valence-corrected chi connectivity index (χ4v) is 8.68. The molecule has 0 aliphatic heterocycles. The third-order valence-electron chi connectivity index (χ3n) is 11.1. The Morgan fingerprint density at radius 1 is 0.789 bits per heavy atom. The van der Waals surface area contributed by atoms with Crippen LogP contribution in [0.1, 0.15) is 77.6 Å². The van der Waals surface area contributed by atoms with Gasteiger partial charge in [-0.1, -0.05) is 146 Å². The number of pyridine rings is 1. The number of aliphatic hydroxyl groups is 1. The van der Waals surface area contributed by atoms with Gasteiger partial charge in [0.2, 0.25) is 0 Å². The van der Waals surface area contributed by atoms with Gasteiger partial charge in [0, 0.05) is 12.0 Å². The molecule has 0 fully saturated rings. The van der Waals surface area contributed by atoms with E-state index in [-0.39, 0.29) is 6.04 Å². The Kier molecular flexibility index (Phi) is 9.53. The van der Waals surface area contributed by atoms with Crippen molar-refractivity contribution in [3.8, 4) is 34.4 Å². The monoisotopic (exact) mass is 745 g/mol. The van der Waals surface area contributed by atoms with Crippen LogP contribution in [0.25, 0.3) is 33.7 Å². The molecular formula is C49H43N7O. The van der Waals surface area contributed by atoms with Crippen LogP contribution in [0, 0.1) is 18.8 Å². The summed E-state index contributed by atoms with van der Waals surface area (Å²) in [6.07, 6.45) is 2.98. The molecule has 0 saturated heterocycles. The molecule has 8 heteroatoms. The highest BCUT2D eigenvalue weighted by Crippen LogP contribution is 2.45. The van der Waals surface area contributed by atoms with Gasteiger partial charge in [-0.25, -0.2) is 14.6 Å². The molecule has 280 valence electrons. The average molecular weight is 746 g/mol. The van der Waals surface area contributed by atoms with Gasteiger partial charge in [-0.05, 0) is 100 Å². The molecule has 5 aromatic carbocycles. The van der Waals surface area contributed by atoms with Crippen LogP contribution in [-0.2, 0) is 18.4 Å². The smallest absolute Gasteiger partial charge is 0.184 e. The number of fused-ring (bicyclic) bond motifs is 2. The van der Waals surface area contributed by atoms with E-state index in [0.29, 0.717) is 11.5 Å². The van der Waals surface area contributed by atoms with E-state index in [2.05, 4.69) is 151 Å². The zero-order valence-electron chi connectivity index (χ0n) is 32.3. The van der Waals surface area contributed by atoms with Crippen LogP contribution < -0.4 is 0 Å². The van der Waals surface area contributed by atoms with Crippen molar-refractivity contribution in [3.63, 3.8) is 0 Å². The summed E-state index contributed by atoms with van der Waals surface area (Å²) in [5.41, 5.74) is 11.5. The Bertz CT molecular complexity index is 2660. The van der Waals surface area contributed by atoms with Gasteiger partial charge < -0.3 is 9.67 Å². The first-order valence-corrected chi connectivity index (χ1v) is 19.7. The maximum atomic E-state index is 9.84. The molecule has 1 aliphatic carbocycles. The summed E-state index contributed by atoms with van der Waals surface area (Å²) in [5, 5.41) is 23.8. The number of hydrogen-bond acceptors (Lipinski definition) is 6. The van der Waals surface area contributed by atoms with E-state index >= 15 is 0 Å². The lowest BCUT2D eigenvalue weighted by Gasteiger charge is -2.36. The predicted molar refractivity (Wildman–Crippen MR) is 225 cm³/mol. The Morgan fingerprint density at radius 3 is 2.05 bits per heavy atom. The normalized spacial score (nSPS) is 14.3. The van der Waals surface area contributed by atoms with Crippen molar-refractivity contribution in [2.75, 3.05) is 0 Å². The second kappa shape index (κ2) is 15.1. The minimum Gasteiger partial charge on any atom is -0.381 e. The van der Waals surface area contributed by atoms with E-state index in [4.69, 9.17) is 20.3 Å². The van der Waals surface area contributed by atoms with Gasteiger partial charge in [0.25, 0.3) is 0 Å². The van der Waals surface area contributed by atoms with Crippen molar-refractivity contribution in [2.45, 2.75) is 64.1 Å². The van der Waals surface area contributed by atoms with Gasteiger partial charge in [0.05, 0.1) is 6.04 Å². The molecule has 0 radical (unpaired) electrons. The molecule has 57 heavy (non-hydrogen) atoms. The van der Waals surface area contributed by atoms with Gasteiger partial charge in [-0.2, -0.15) is 0 Å². The van der Waals surface area contributed by atoms with Crippen molar-refractivity contribution in [3.05, 3.63) is 184 Å². The number of rotatable bonds is 9. The zero-order chi connectivity index (χ0) is 38.9. The van der Waals surface area contributed by atoms with E-state index in [1.54, 1.807) is 6.92 Å². The number of aryl methyl sites for hydroxylation is 3. The van der Waals surface area contributed by atoms with Crippen LogP contribution in [0.2, 0.25) is 0 Å². The number of hydrogen-bond donors (Lipinski definition) is 1. The Hall–Kier alpha value is -6.69. The van der Waals surface area contributed by atoms with Crippen LogP contribution >= 0.6 is 0 Å². The molecule has 0 spiro atoms. The largest absolute Gasteiger partial charge is 0.381 e. The lowest BCUT2D eigenvalue weighted by Crippen LogP contribution is -2.39. The first-order chi connectivity index (χ1) is 28.0. The Morgan fingerprint density at radius 2 is 1.42 bits per heavy atom. The predicted octanol–water partition coefficient (Wildman–Crippen LogP) is 9.12. The highest BCUT2D eigenvalue weighted by Gasteiger charge is 2.42. The third kappa shape index (κ3) is 6.30. The second-order valence-electron chi connectivity index (χ2n) is 14.8. The first kappa shape index (κ1) is 36.0. The molecule has 3 heterocycles. The van der Waals surface area contributed by atoms with Crippen LogP contribution in [0.3, 0.4) is 0 Å². The molecule has 8 aromatic rings. The summed E-state index contributed by atoms with van der Waals surface area (Å²) in [6, 6.07) is 48.9. The second-order valence-corrected chi connectivity index (χ2v) is 14.8. The standard InChI is InChI=1S/C49H43N7O/c1-4-16-45-51-46-33(2)31-40(28-25-34(3)57)50-48(46)55(45)44-30-27-36-32-35(26-29-42(36)44)41-23-14-15-24-43(41)47-52-53-54-56(47)49(37-17-8-5-9-18-37,38-19-10-6-11-20-38)39-21-12-7-13-22-39/h5-15,17-24,26,29,31-32,34,44,57H,4,16,27,30H2,1-3H3/t34?,44-/m0/s1. The molecule has 1 N–H and O–H groups in total. The van der Waals surface area contributed by atoms with E-state index < -0.39 is 11.6 Å².